The van der Waals surface area contributed by atoms with Crippen LogP contribution in [-0.2, 0) is 4.74 Å². The number of carbonyl (C=O) groups is 1. The molecule has 1 heterocycles. The smallest absolute Gasteiger partial charge is 0.360 e. The van der Waals surface area contributed by atoms with Gasteiger partial charge in [-0.1, -0.05) is 5.21 Å². The quantitative estimate of drug-likeness (QED) is 0.766. The highest BCUT2D eigenvalue weighted by Gasteiger charge is 2.21. The fourth-order valence-corrected chi connectivity index (χ4v) is 1.32. The summed E-state index contributed by atoms with van der Waals surface area (Å²) in [7, 11) is 0. The zero-order valence-corrected chi connectivity index (χ0v) is 9.97. The molecule has 2 atom stereocenters. The van der Waals surface area contributed by atoms with Gasteiger partial charge in [-0.2, -0.15) is 0 Å². The third kappa shape index (κ3) is 2.38. The monoisotopic (exact) mass is 227 g/mol. The second-order valence-electron chi connectivity index (χ2n) is 3.67. The second-order valence-corrected chi connectivity index (χ2v) is 3.67. The highest BCUT2D eigenvalue weighted by Crippen LogP contribution is 2.14. The number of nitrogens with zero attached hydrogens (tertiary/aromatic N) is 3. The van der Waals surface area contributed by atoms with Crippen molar-refractivity contribution in [3.63, 3.8) is 0 Å². The topological polar surface area (TPSA) is 77.2 Å². The molecule has 0 aliphatic carbocycles. The van der Waals surface area contributed by atoms with Gasteiger partial charge < -0.3 is 9.84 Å². The lowest BCUT2D eigenvalue weighted by Crippen LogP contribution is -2.20. The van der Waals surface area contributed by atoms with Crippen LogP contribution in [0.4, 0.5) is 0 Å². The van der Waals surface area contributed by atoms with Crippen molar-refractivity contribution in [2.75, 3.05) is 6.61 Å². The summed E-state index contributed by atoms with van der Waals surface area (Å²) in [6.07, 6.45) is -0.560. The minimum atomic E-state index is -0.560. The predicted molar refractivity (Wildman–Crippen MR) is 57.1 cm³/mol. The number of aromatic nitrogens is 3. The molecule has 16 heavy (non-hydrogen) atoms. The van der Waals surface area contributed by atoms with Gasteiger partial charge in [-0.05, 0) is 27.7 Å². The predicted octanol–water partition coefficient (Wildman–Crippen LogP) is 0.705. The molecule has 0 aromatic carbocycles. The Labute approximate surface area is 94.2 Å². The third-order valence-corrected chi connectivity index (χ3v) is 2.48. The lowest BCUT2D eigenvalue weighted by atomic mass is 10.2. The minimum Gasteiger partial charge on any atom is -0.461 e. The van der Waals surface area contributed by atoms with E-state index < -0.39 is 12.1 Å². The second kappa shape index (κ2) is 5.07. The van der Waals surface area contributed by atoms with Gasteiger partial charge in [-0.25, -0.2) is 9.48 Å². The van der Waals surface area contributed by atoms with Gasteiger partial charge >= 0.3 is 5.97 Å². The maximum Gasteiger partial charge on any atom is 0.360 e. The Morgan fingerprint density at radius 3 is 2.69 bits per heavy atom. The summed E-state index contributed by atoms with van der Waals surface area (Å²) >= 11 is 0. The summed E-state index contributed by atoms with van der Waals surface area (Å²) < 4.78 is 6.37. The van der Waals surface area contributed by atoms with Crippen LogP contribution in [0.3, 0.4) is 0 Å². The molecule has 1 aromatic rings. The van der Waals surface area contributed by atoms with Crippen molar-refractivity contribution in [3.05, 3.63) is 11.4 Å². The largest absolute Gasteiger partial charge is 0.461 e. The van der Waals surface area contributed by atoms with Gasteiger partial charge in [0.2, 0.25) is 0 Å². The molecule has 0 amide bonds. The van der Waals surface area contributed by atoms with E-state index in [0.717, 1.165) is 0 Å². The summed E-state index contributed by atoms with van der Waals surface area (Å²) in [6.45, 7) is 7.23. The lowest BCUT2D eigenvalue weighted by Gasteiger charge is -2.15. The molecule has 1 N–H and O–H groups in total. The fraction of sp³-hybridized carbons (Fsp3) is 0.700. The molecule has 0 bridgehead atoms. The molecule has 0 fully saturated rings. The Hall–Kier alpha value is -1.43. The average Bonchev–Trinajstić information content (AvgIpc) is 2.59. The summed E-state index contributed by atoms with van der Waals surface area (Å²) in [6, 6.07) is -0.226. The van der Waals surface area contributed by atoms with Gasteiger partial charge in [0.25, 0.3) is 0 Å². The van der Waals surface area contributed by atoms with Crippen LogP contribution in [-0.4, -0.2) is 38.8 Å². The molecule has 0 spiro atoms. The van der Waals surface area contributed by atoms with Gasteiger partial charge in [0.1, 0.15) is 0 Å². The fourth-order valence-electron chi connectivity index (χ4n) is 1.32. The number of aliphatic hydroxyl groups is 1. The van der Waals surface area contributed by atoms with Crippen LogP contribution in [0.15, 0.2) is 0 Å². The van der Waals surface area contributed by atoms with Crippen LogP contribution >= 0.6 is 0 Å². The van der Waals surface area contributed by atoms with Gasteiger partial charge in [0, 0.05) is 0 Å². The number of ether oxygens (including phenoxy) is 1. The summed E-state index contributed by atoms with van der Waals surface area (Å²) in [5.74, 6) is -0.482. The van der Waals surface area contributed by atoms with E-state index in [9.17, 15) is 9.90 Å². The molecule has 0 radical (unpaired) electrons. The van der Waals surface area contributed by atoms with Crippen LogP contribution < -0.4 is 0 Å². The first-order valence-electron chi connectivity index (χ1n) is 5.26. The minimum absolute atomic E-state index is 0.203. The summed E-state index contributed by atoms with van der Waals surface area (Å²) in [5, 5.41) is 17.1. The van der Waals surface area contributed by atoms with Crippen LogP contribution in [0, 0.1) is 6.92 Å². The molecule has 1 aromatic heterocycles. The van der Waals surface area contributed by atoms with Crippen LogP contribution in [0.5, 0.6) is 0 Å². The molecule has 6 heteroatoms. The molecule has 0 saturated heterocycles. The van der Waals surface area contributed by atoms with E-state index in [4.69, 9.17) is 4.74 Å². The Morgan fingerprint density at radius 1 is 1.56 bits per heavy atom. The average molecular weight is 227 g/mol. The van der Waals surface area contributed by atoms with Crippen molar-refractivity contribution >= 4 is 5.97 Å². The number of carbonyl (C=O) groups excluding carboxylic acids is 1. The number of aliphatic hydroxyl groups excluding tert-OH is 1. The van der Waals surface area contributed by atoms with Gasteiger partial charge in [-0.15, -0.1) is 5.10 Å². The van der Waals surface area contributed by atoms with E-state index in [0.29, 0.717) is 12.3 Å². The van der Waals surface area contributed by atoms with Crippen molar-refractivity contribution in [1.29, 1.82) is 0 Å². The maximum absolute atomic E-state index is 11.5. The molecule has 2 unspecified atom stereocenters. The molecular weight excluding hydrogens is 210 g/mol. The Bertz CT molecular complexity index is 373. The van der Waals surface area contributed by atoms with Crippen molar-refractivity contribution in [2.24, 2.45) is 0 Å². The van der Waals surface area contributed by atoms with Crippen LogP contribution in [0.25, 0.3) is 0 Å². The molecule has 6 nitrogen and oxygen atoms in total. The van der Waals surface area contributed by atoms with Gasteiger partial charge in [0.15, 0.2) is 5.69 Å². The molecular formula is C10H17N3O3. The molecule has 0 aliphatic heterocycles. The maximum atomic E-state index is 11.5. The first-order valence-corrected chi connectivity index (χ1v) is 5.26. The van der Waals surface area contributed by atoms with Crippen molar-refractivity contribution in [3.8, 4) is 0 Å². The van der Waals surface area contributed by atoms with Crippen molar-refractivity contribution in [2.45, 2.75) is 39.8 Å². The number of esters is 1. The van der Waals surface area contributed by atoms with E-state index >= 15 is 0 Å². The van der Waals surface area contributed by atoms with Gasteiger partial charge in [0.05, 0.1) is 24.4 Å². The van der Waals surface area contributed by atoms with Crippen LogP contribution in [0.2, 0.25) is 0 Å². The highest BCUT2D eigenvalue weighted by atomic mass is 16.5. The standard InChI is InChI=1S/C10H17N3O3/c1-5-16-10(15)9-7(3)13(12-11-9)6(2)8(4)14/h6,8,14H,5H2,1-4H3. The van der Waals surface area contributed by atoms with E-state index in [1.807, 2.05) is 0 Å². The number of hydrogen-bond acceptors (Lipinski definition) is 5. The van der Waals surface area contributed by atoms with E-state index in [1.54, 1.807) is 27.7 Å². The first-order chi connectivity index (χ1) is 7.49. The van der Waals surface area contributed by atoms with Gasteiger partial charge in [-0.3, -0.25) is 0 Å². The van der Waals surface area contributed by atoms with Crippen molar-refractivity contribution in [1.82, 2.24) is 15.0 Å². The zero-order valence-electron chi connectivity index (χ0n) is 9.97. The zero-order chi connectivity index (χ0) is 12.3. The third-order valence-electron chi connectivity index (χ3n) is 2.48. The van der Waals surface area contributed by atoms with Crippen molar-refractivity contribution < 1.29 is 14.6 Å². The number of rotatable bonds is 4. The van der Waals surface area contributed by atoms with Crippen LogP contribution in [0.1, 0.15) is 43.0 Å². The van der Waals surface area contributed by atoms with E-state index in [2.05, 4.69) is 10.3 Å². The SMILES string of the molecule is CCOC(=O)c1nnn(C(C)C(C)O)c1C. The van der Waals surface area contributed by atoms with E-state index in [-0.39, 0.29) is 11.7 Å². The Balaban J connectivity index is 2.96. The lowest BCUT2D eigenvalue weighted by molar-refractivity contribution is 0.0518. The molecule has 1 rings (SSSR count). The highest BCUT2D eigenvalue weighted by molar-refractivity contribution is 5.88. The van der Waals surface area contributed by atoms with E-state index in [1.165, 1.54) is 4.68 Å². The molecule has 90 valence electrons. The summed E-state index contributed by atoms with van der Waals surface area (Å²) in [4.78, 5) is 11.5. The molecule has 0 saturated carbocycles. The normalized spacial score (nSPS) is 14.6. The number of hydrogen-bond donors (Lipinski definition) is 1. The molecule has 0 aliphatic rings. The summed E-state index contributed by atoms with van der Waals surface area (Å²) in [5.41, 5.74) is 0.807. The Kier molecular flexibility index (Phi) is 4.00. The Morgan fingerprint density at radius 2 is 2.19 bits per heavy atom. The first kappa shape index (κ1) is 12.6.